The molecule has 4 N–H and O–H groups in total. The Bertz CT molecular complexity index is 1000. The van der Waals surface area contributed by atoms with E-state index in [0.717, 1.165) is 31.3 Å². The first-order chi connectivity index (χ1) is 16.9. The Kier molecular flexibility index (Phi) is 8.01. The van der Waals surface area contributed by atoms with Crippen LogP contribution in [0.5, 0.6) is 0 Å². The van der Waals surface area contributed by atoms with Crippen molar-refractivity contribution in [2.24, 2.45) is 34.0 Å². The van der Waals surface area contributed by atoms with Gasteiger partial charge < -0.3 is 20.4 Å². The van der Waals surface area contributed by atoms with Crippen molar-refractivity contribution < 1.29 is 30.0 Å². The lowest BCUT2D eigenvalue weighted by molar-refractivity contribution is -0.149. The number of rotatable bonds is 10. The van der Waals surface area contributed by atoms with Crippen LogP contribution in [-0.2, 0) is 9.59 Å². The molecule has 0 unspecified atom stereocenters. The van der Waals surface area contributed by atoms with Gasteiger partial charge in [0, 0.05) is 12.3 Å². The maximum absolute atomic E-state index is 12.6. The summed E-state index contributed by atoms with van der Waals surface area (Å²) in [4.78, 5) is 24.2. The van der Waals surface area contributed by atoms with E-state index in [1.54, 1.807) is 13.8 Å². The van der Waals surface area contributed by atoms with E-state index in [2.05, 4.69) is 33.9 Å². The number of hydrogen-bond donors (Lipinski definition) is 4. The molecule has 6 nitrogen and oxygen atoms in total. The fourth-order valence-corrected chi connectivity index (χ4v) is 8.51. The fraction of sp³-hybridized carbons (Fsp3) is 0.742. The van der Waals surface area contributed by atoms with Gasteiger partial charge in [0.15, 0.2) is 0 Å². The zero-order chi connectivity index (χ0) is 28.1. The second-order valence-electron chi connectivity index (χ2n) is 13.4. The van der Waals surface area contributed by atoms with E-state index in [1.807, 2.05) is 6.92 Å². The van der Waals surface area contributed by atoms with Gasteiger partial charge in [0.2, 0.25) is 0 Å². The van der Waals surface area contributed by atoms with E-state index in [1.165, 1.54) is 11.1 Å². The Morgan fingerprint density at radius 1 is 1.08 bits per heavy atom. The SMILES string of the molecule is C=C(C)[C@@H]1CCC2=C(CC[C@]3(C)[C@@H]([C@H](CCC(=C)C(C)(C)O)C(=O)O)[C@H](O)C[C@@]23C)[C@@]1(C)CCC(=O)O. The van der Waals surface area contributed by atoms with E-state index < -0.39 is 40.9 Å². The molecule has 3 rings (SSSR count). The molecule has 6 heteroatoms. The van der Waals surface area contributed by atoms with Crippen LogP contribution in [0.2, 0.25) is 0 Å². The number of aliphatic carboxylic acids is 2. The highest BCUT2D eigenvalue weighted by atomic mass is 16.4. The van der Waals surface area contributed by atoms with Gasteiger partial charge >= 0.3 is 11.9 Å². The van der Waals surface area contributed by atoms with Crippen LogP contribution in [0.25, 0.3) is 0 Å². The minimum absolute atomic E-state index is 0.0997. The molecular formula is C31H48O6. The zero-order valence-corrected chi connectivity index (χ0v) is 23.7. The minimum Gasteiger partial charge on any atom is -0.481 e. The summed E-state index contributed by atoms with van der Waals surface area (Å²) in [6, 6.07) is 0. The third kappa shape index (κ3) is 4.96. The van der Waals surface area contributed by atoms with Crippen molar-refractivity contribution >= 4 is 11.9 Å². The highest BCUT2D eigenvalue weighted by molar-refractivity contribution is 5.71. The molecule has 0 amide bonds. The van der Waals surface area contributed by atoms with Crippen molar-refractivity contribution in [2.45, 2.75) is 111 Å². The average molecular weight is 517 g/mol. The van der Waals surface area contributed by atoms with Gasteiger partial charge in [0.1, 0.15) is 0 Å². The largest absolute Gasteiger partial charge is 0.481 e. The number of hydrogen-bond acceptors (Lipinski definition) is 4. The van der Waals surface area contributed by atoms with Gasteiger partial charge in [0.25, 0.3) is 0 Å². The van der Waals surface area contributed by atoms with Gasteiger partial charge in [-0.3, -0.25) is 9.59 Å². The second kappa shape index (κ2) is 10.00. The summed E-state index contributed by atoms with van der Waals surface area (Å²) in [6.07, 6.45) is 4.43. The Balaban J connectivity index is 2.04. The van der Waals surface area contributed by atoms with Crippen molar-refractivity contribution in [2.75, 3.05) is 0 Å². The molecule has 3 aliphatic rings. The highest BCUT2D eigenvalue weighted by Crippen LogP contribution is 2.71. The number of carbonyl (C=O) groups is 2. The maximum Gasteiger partial charge on any atom is 0.306 e. The molecule has 0 heterocycles. The molecule has 0 bridgehead atoms. The Labute approximate surface area is 222 Å². The Morgan fingerprint density at radius 2 is 1.70 bits per heavy atom. The predicted molar refractivity (Wildman–Crippen MR) is 145 cm³/mol. The Hall–Kier alpha value is -1.92. The van der Waals surface area contributed by atoms with Crippen molar-refractivity contribution in [3.05, 3.63) is 35.5 Å². The summed E-state index contributed by atoms with van der Waals surface area (Å²) in [5.41, 5.74) is 2.16. The van der Waals surface area contributed by atoms with Crippen molar-refractivity contribution in [3.8, 4) is 0 Å². The van der Waals surface area contributed by atoms with Crippen LogP contribution in [0.15, 0.2) is 35.5 Å². The van der Waals surface area contributed by atoms with E-state index in [4.69, 9.17) is 0 Å². The number of carboxylic acid groups (broad SMARTS) is 2. The Morgan fingerprint density at radius 3 is 2.22 bits per heavy atom. The topological polar surface area (TPSA) is 115 Å². The van der Waals surface area contributed by atoms with Gasteiger partial charge in [-0.2, -0.15) is 0 Å². The van der Waals surface area contributed by atoms with Crippen LogP contribution in [0.3, 0.4) is 0 Å². The molecule has 1 fully saturated rings. The average Bonchev–Trinajstić information content (AvgIpc) is 2.97. The number of allylic oxidation sites excluding steroid dienone is 3. The van der Waals surface area contributed by atoms with Crippen LogP contribution in [0.1, 0.15) is 99.3 Å². The molecule has 0 aromatic heterocycles. The third-order valence-corrected chi connectivity index (χ3v) is 10.9. The number of aliphatic hydroxyl groups excluding tert-OH is 1. The summed E-state index contributed by atoms with van der Waals surface area (Å²) in [6.45, 7) is 20.2. The molecule has 0 aromatic rings. The minimum atomic E-state index is -1.08. The summed E-state index contributed by atoms with van der Waals surface area (Å²) in [7, 11) is 0. The molecule has 3 aliphatic carbocycles. The molecule has 208 valence electrons. The summed E-state index contributed by atoms with van der Waals surface area (Å²) < 4.78 is 0. The van der Waals surface area contributed by atoms with Crippen LogP contribution in [0.4, 0.5) is 0 Å². The zero-order valence-electron chi connectivity index (χ0n) is 23.7. The van der Waals surface area contributed by atoms with Crippen LogP contribution in [0, 0.1) is 34.0 Å². The van der Waals surface area contributed by atoms with Crippen LogP contribution >= 0.6 is 0 Å². The van der Waals surface area contributed by atoms with E-state index >= 15 is 0 Å². The number of aliphatic hydroxyl groups is 2. The molecule has 0 saturated heterocycles. The summed E-state index contributed by atoms with van der Waals surface area (Å²) in [5.74, 6) is -2.65. The molecule has 0 radical (unpaired) electrons. The van der Waals surface area contributed by atoms with E-state index in [9.17, 15) is 30.0 Å². The lowest BCUT2D eigenvalue weighted by Crippen LogP contribution is -2.49. The lowest BCUT2D eigenvalue weighted by atomic mass is 9.47. The fourth-order valence-electron chi connectivity index (χ4n) is 8.51. The molecule has 0 aliphatic heterocycles. The first kappa shape index (κ1) is 29.6. The van der Waals surface area contributed by atoms with Crippen LogP contribution in [-0.4, -0.2) is 44.1 Å². The summed E-state index contributed by atoms with van der Waals surface area (Å²) in [5, 5.41) is 41.6. The molecular weight excluding hydrogens is 468 g/mol. The number of fused-ring (bicyclic) bond motifs is 2. The first-order valence-corrected chi connectivity index (χ1v) is 13.8. The summed E-state index contributed by atoms with van der Waals surface area (Å²) >= 11 is 0. The van der Waals surface area contributed by atoms with Gasteiger partial charge in [0.05, 0.1) is 17.6 Å². The molecule has 0 spiro atoms. The molecule has 37 heavy (non-hydrogen) atoms. The third-order valence-electron chi connectivity index (χ3n) is 10.9. The first-order valence-electron chi connectivity index (χ1n) is 13.8. The van der Waals surface area contributed by atoms with E-state index in [-0.39, 0.29) is 23.2 Å². The van der Waals surface area contributed by atoms with Gasteiger partial charge in [-0.15, -0.1) is 0 Å². The van der Waals surface area contributed by atoms with Crippen molar-refractivity contribution in [3.63, 3.8) is 0 Å². The standard InChI is InChI=1S/C31H48O6/c1-18(2)21-11-12-23-22(29(21,6)15-14-25(33)34)13-16-30(7)26(24(32)17-31(23,30)8)20(27(35)36)10-9-19(3)28(4,5)37/h20-21,24,26,32,37H,1,3,9-17H2,2,4-8H3,(H,33,34)(H,35,36)/t20-,21-,24+,26-,29-,30+,31-/m0/s1. The predicted octanol–water partition coefficient (Wildman–Crippen LogP) is 6.14. The van der Waals surface area contributed by atoms with Crippen LogP contribution < -0.4 is 0 Å². The molecule has 0 aromatic carbocycles. The number of carboxylic acids is 2. The maximum atomic E-state index is 12.6. The highest BCUT2D eigenvalue weighted by Gasteiger charge is 2.65. The van der Waals surface area contributed by atoms with Crippen molar-refractivity contribution in [1.29, 1.82) is 0 Å². The van der Waals surface area contributed by atoms with Gasteiger partial charge in [-0.1, -0.05) is 50.6 Å². The lowest BCUT2D eigenvalue weighted by Gasteiger charge is -2.57. The van der Waals surface area contributed by atoms with Gasteiger partial charge in [-0.25, -0.2) is 0 Å². The van der Waals surface area contributed by atoms with Gasteiger partial charge in [-0.05, 0) is 99.9 Å². The smallest absolute Gasteiger partial charge is 0.306 e. The molecule has 1 saturated carbocycles. The molecule has 7 atom stereocenters. The monoisotopic (exact) mass is 516 g/mol. The quantitative estimate of drug-likeness (QED) is 0.259. The second-order valence-corrected chi connectivity index (χ2v) is 13.4. The van der Waals surface area contributed by atoms with Crippen molar-refractivity contribution in [1.82, 2.24) is 0 Å². The normalized spacial score (nSPS) is 36.5. The van der Waals surface area contributed by atoms with E-state index in [0.29, 0.717) is 31.3 Å².